The third-order valence-corrected chi connectivity index (χ3v) is 6.12. The summed E-state index contributed by atoms with van der Waals surface area (Å²) in [6, 6.07) is 2.43. The fourth-order valence-electron chi connectivity index (χ4n) is 1.72. The molecule has 0 aliphatic carbocycles. The van der Waals surface area contributed by atoms with Gasteiger partial charge >= 0.3 is 8.80 Å². The van der Waals surface area contributed by atoms with Gasteiger partial charge in [0.2, 0.25) is 5.95 Å². The Hall–Kier alpha value is -0.583. The maximum absolute atomic E-state index is 5.38. The van der Waals surface area contributed by atoms with Crippen LogP contribution in [0.2, 0.25) is 6.04 Å². The summed E-state index contributed by atoms with van der Waals surface area (Å²) in [4.78, 5) is 10.1. The number of nitrogens with zero attached hydrogens (tertiary/aromatic N) is 3. The standard InChI is InChI=1S/C11H19N3O3S2Si/c1-15-20(16-2,17-3)9-5-8-14(11(18)19)10-12-6-4-7-13-10/h4,6-7H,5,8-9H2,1-3H3,(H,18,19). The van der Waals surface area contributed by atoms with Gasteiger partial charge in [-0.3, -0.25) is 4.90 Å². The predicted octanol–water partition coefficient (Wildman–Crippen LogP) is 1.77. The quantitative estimate of drug-likeness (QED) is 0.442. The van der Waals surface area contributed by atoms with Gasteiger partial charge in [0.15, 0.2) is 0 Å². The van der Waals surface area contributed by atoms with Crippen molar-refractivity contribution < 1.29 is 13.3 Å². The number of hydrogen-bond donors (Lipinski definition) is 1. The van der Waals surface area contributed by atoms with Crippen molar-refractivity contribution in [1.29, 1.82) is 0 Å². The minimum Gasteiger partial charge on any atom is -0.377 e. The monoisotopic (exact) mass is 333 g/mol. The molecule has 0 amide bonds. The lowest BCUT2D eigenvalue weighted by atomic mass is 10.4. The molecule has 1 rings (SSSR count). The minimum atomic E-state index is -2.56. The van der Waals surface area contributed by atoms with Gasteiger partial charge in [0.25, 0.3) is 0 Å². The average molecular weight is 334 g/mol. The van der Waals surface area contributed by atoms with E-state index in [1.165, 1.54) is 0 Å². The second kappa shape index (κ2) is 8.65. The molecule has 0 aromatic carbocycles. The van der Waals surface area contributed by atoms with Crippen LogP contribution in [0.25, 0.3) is 0 Å². The van der Waals surface area contributed by atoms with Crippen molar-refractivity contribution >= 4 is 43.9 Å². The molecule has 0 N–H and O–H groups in total. The molecular weight excluding hydrogens is 314 g/mol. The molecule has 0 radical (unpaired) electrons. The zero-order chi connectivity index (χ0) is 15.0. The van der Waals surface area contributed by atoms with Gasteiger partial charge < -0.3 is 13.3 Å². The summed E-state index contributed by atoms with van der Waals surface area (Å²) < 4.78 is 16.6. The lowest BCUT2D eigenvalue weighted by molar-refractivity contribution is 0.123. The molecule has 1 heterocycles. The maximum atomic E-state index is 5.38. The first-order valence-corrected chi connectivity index (χ1v) is 8.80. The molecule has 0 saturated carbocycles. The van der Waals surface area contributed by atoms with Crippen LogP contribution >= 0.6 is 24.8 Å². The van der Waals surface area contributed by atoms with Gasteiger partial charge in [-0.25, -0.2) is 9.97 Å². The zero-order valence-corrected chi connectivity index (χ0v) is 14.5. The average Bonchev–Trinajstić information content (AvgIpc) is 2.49. The number of hydrogen-bond acceptors (Lipinski definition) is 6. The molecule has 0 saturated heterocycles. The first-order chi connectivity index (χ1) is 9.58. The van der Waals surface area contributed by atoms with Crippen LogP contribution in [0.15, 0.2) is 18.5 Å². The number of thiol groups is 1. The van der Waals surface area contributed by atoms with Crippen molar-refractivity contribution in [3.63, 3.8) is 0 Å². The van der Waals surface area contributed by atoms with Crippen LogP contribution in [0.3, 0.4) is 0 Å². The normalized spacial score (nSPS) is 11.4. The van der Waals surface area contributed by atoms with Crippen LogP contribution in [0, 0.1) is 0 Å². The van der Waals surface area contributed by atoms with Gasteiger partial charge in [0.05, 0.1) is 0 Å². The van der Waals surface area contributed by atoms with E-state index in [4.69, 9.17) is 25.5 Å². The summed E-state index contributed by atoms with van der Waals surface area (Å²) >= 11 is 9.33. The topological polar surface area (TPSA) is 56.7 Å². The molecule has 0 aliphatic heterocycles. The highest BCUT2D eigenvalue weighted by Gasteiger charge is 2.37. The second-order valence-corrected chi connectivity index (χ2v) is 8.09. The van der Waals surface area contributed by atoms with Gasteiger partial charge in [-0.15, -0.1) is 12.6 Å². The molecule has 20 heavy (non-hydrogen) atoms. The van der Waals surface area contributed by atoms with Crippen molar-refractivity contribution in [2.45, 2.75) is 12.5 Å². The van der Waals surface area contributed by atoms with E-state index in [1.807, 2.05) is 0 Å². The third kappa shape index (κ3) is 4.76. The Balaban J connectivity index is 2.63. The molecule has 9 heteroatoms. The van der Waals surface area contributed by atoms with E-state index in [2.05, 4.69) is 22.6 Å². The van der Waals surface area contributed by atoms with E-state index in [0.29, 0.717) is 22.9 Å². The van der Waals surface area contributed by atoms with E-state index in [0.717, 1.165) is 6.42 Å². The second-order valence-electron chi connectivity index (χ2n) is 3.88. The predicted molar refractivity (Wildman–Crippen MR) is 87.2 cm³/mol. The number of aromatic nitrogens is 2. The summed E-state index contributed by atoms with van der Waals surface area (Å²) in [6.45, 7) is 0.622. The summed E-state index contributed by atoms with van der Waals surface area (Å²) in [5.41, 5.74) is 0. The molecule has 1 aromatic heterocycles. The van der Waals surface area contributed by atoms with Gasteiger partial charge in [-0.05, 0) is 12.5 Å². The maximum Gasteiger partial charge on any atom is 0.500 e. The van der Waals surface area contributed by atoms with Crippen molar-refractivity contribution in [2.24, 2.45) is 0 Å². The lowest BCUT2D eigenvalue weighted by Crippen LogP contribution is -2.43. The van der Waals surface area contributed by atoms with Crippen molar-refractivity contribution in [2.75, 3.05) is 32.8 Å². The SMILES string of the molecule is CO[Si](CCCN(C(=S)S)c1ncccn1)(OC)OC. The van der Waals surface area contributed by atoms with Crippen LogP contribution in [0.5, 0.6) is 0 Å². The van der Waals surface area contributed by atoms with E-state index >= 15 is 0 Å². The third-order valence-electron chi connectivity index (χ3n) is 2.82. The molecule has 1 aromatic rings. The Morgan fingerprint density at radius 3 is 2.25 bits per heavy atom. The molecule has 0 aliphatic rings. The van der Waals surface area contributed by atoms with Crippen LogP contribution in [-0.4, -0.2) is 51.0 Å². The Morgan fingerprint density at radius 2 is 1.80 bits per heavy atom. The van der Waals surface area contributed by atoms with Crippen LogP contribution < -0.4 is 4.90 Å². The first kappa shape index (κ1) is 17.5. The molecule has 0 atom stereocenters. The van der Waals surface area contributed by atoms with Crippen molar-refractivity contribution in [3.05, 3.63) is 18.5 Å². The van der Waals surface area contributed by atoms with Crippen molar-refractivity contribution in [3.8, 4) is 0 Å². The van der Waals surface area contributed by atoms with Crippen LogP contribution in [0.1, 0.15) is 6.42 Å². The summed E-state index contributed by atoms with van der Waals surface area (Å²) in [5.74, 6) is 0.534. The van der Waals surface area contributed by atoms with Crippen LogP contribution in [-0.2, 0) is 13.3 Å². The first-order valence-electron chi connectivity index (χ1n) is 6.01. The zero-order valence-electron chi connectivity index (χ0n) is 11.8. The Labute approximate surface area is 131 Å². The smallest absolute Gasteiger partial charge is 0.377 e. The van der Waals surface area contributed by atoms with Gasteiger partial charge in [-0.1, -0.05) is 12.2 Å². The molecule has 0 bridgehead atoms. The lowest BCUT2D eigenvalue weighted by Gasteiger charge is -2.26. The van der Waals surface area contributed by atoms with Gasteiger partial charge in [-0.2, -0.15) is 0 Å². The Morgan fingerprint density at radius 1 is 1.25 bits per heavy atom. The summed E-state index contributed by atoms with van der Waals surface area (Å²) in [6.07, 6.45) is 4.10. The molecule has 0 unspecified atom stereocenters. The fraction of sp³-hybridized carbons (Fsp3) is 0.545. The van der Waals surface area contributed by atoms with Crippen LogP contribution in [0.4, 0.5) is 5.95 Å². The Kier molecular flexibility index (Phi) is 7.55. The highest BCUT2D eigenvalue weighted by Crippen LogP contribution is 2.17. The summed E-state index contributed by atoms with van der Waals surface area (Å²) in [7, 11) is 2.24. The van der Waals surface area contributed by atoms with E-state index in [-0.39, 0.29) is 0 Å². The molecule has 6 nitrogen and oxygen atoms in total. The molecule has 0 fully saturated rings. The summed E-state index contributed by atoms with van der Waals surface area (Å²) in [5, 5.41) is 0. The molecule has 112 valence electrons. The van der Waals surface area contributed by atoms with E-state index in [1.54, 1.807) is 44.7 Å². The highest BCUT2D eigenvalue weighted by atomic mass is 32.1. The van der Waals surface area contributed by atoms with E-state index < -0.39 is 8.80 Å². The minimum absolute atomic E-state index is 0.427. The van der Waals surface area contributed by atoms with Crippen molar-refractivity contribution in [1.82, 2.24) is 9.97 Å². The fourth-order valence-corrected chi connectivity index (χ4v) is 3.79. The van der Waals surface area contributed by atoms with E-state index in [9.17, 15) is 0 Å². The number of rotatable bonds is 8. The number of anilines is 1. The molecule has 0 spiro atoms. The van der Waals surface area contributed by atoms with Gasteiger partial charge in [0.1, 0.15) is 4.32 Å². The molecular formula is C11H19N3O3S2Si. The Bertz CT molecular complexity index is 412. The number of thiocarbonyl (C=S) groups is 1. The highest BCUT2D eigenvalue weighted by molar-refractivity contribution is 8.11. The van der Waals surface area contributed by atoms with Gasteiger partial charge in [0, 0.05) is 46.3 Å². The largest absolute Gasteiger partial charge is 0.500 e.